The molecule has 1 saturated carbocycles. The van der Waals surface area contributed by atoms with Crippen LogP contribution in [-0.4, -0.2) is 4.92 Å². The van der Waals surface area contributed by atoms with E-state index in [0.29, 0.717) is 11.6 Å². The maximum absolute atomic E-state index is 10.7. The quantitative estimate of drug-likeness (QED) is 0.498. The Balaban J connectivity index is 2.67. The molecule has 0 radical (unpaired) electrons. The maximum atomic E-state index is 10.7. The fraction of sp³-hybridized carbons (Fsp3) is 0.800. The van der Waals surface area contributed by atoms with Gasteiger partial charge in [-0.25, -0.2) is 0 Å². The largest absolute Gasteiger partial charge is 0.259 e. The van der Waals surface area contributed by atoms with Crippen LogP contribution in [0.3, 0.4) is 0 Å². The van der Waals surface area contributed by atoms with Crippen molar-refractivity contribution < 1.29 is 4.92 Å². The topological polar surface area (TPSA) is 43.1 Å². The first-order valence-corrected chi connectivity index (χ1v) is 4.97. The fourth-order valence-corrected chi connectivity index (χ4v) is 1.83. The molecule has 0 aromatic carbocycles. The molecule has 0 bridgehead atoms. The molecule has 0 atom stereocenters. The molecule has 1 rings (SSSR count). The molecule has 0 spiro atoms. The average molecular weight is 183 g/mol. The van der Waals surface area contributed by atoms with Crippen molar-refractivity contribution in [2.45, 2.75) is 39.5 Å². The van der Waals surface area contributed by atoms with E-state index in [1.54, 1.807) is 0 Å². The highest BCUT2D eigenvalue weighted by molar-refractivity contribution is 4.99. The number of hydrogen-bond acceptors (Lipinski definition) is 2. The summed E-state index contributed by atoms with van der Waals surface area (Å²) in [6.07, 6.45) is 6.58. The maximum Gasteiger partial charge on any atom is 0.245 e. The van der Waals surface area contributed by atoms with E-state index in [2.05, 4.69) is 0 Å². The molecule has 1 aliphatic carbocycles. The standard InChI is InChI=1S/C10H17NO2/c1-8(2)10(11(12)13)7-9-5-3-4-6-9/h7-9H,3-6H2,1-2H3. The van der Waals surface area contributed by atoms with Gasteiger partial charge in [0, 0.05) is 5.92 Å². The van der Waals surface area contributed by atoms with Gasteiger partial charge in [-0.1, -0.05) is 26.7 Å². The lowest BCUT2D eigenvalue weighted by Gasteiger charge is -2.05. The van der Waals surface area contributed by atoms with Crippen LogP contribution < -0.4 is 0 Å². The summed E-state index contributed by atoms with van der Waals surface area (Å²) in [5.41, 5.74) is 0.395. The lowest BCUT2D eigenvalue weighted by Crippen LogP contribution is -2.07. The van der Waals surface area contributed by atoms with E-state index in [1.807, 2.05) is 19.9 Å². The summed E-state index contributed by atoms with van der Waals surface area (Å²) in [7, 11) is 0. The molecular weight excluding hydrogens is 166 g/mol. The van der Waals surface area contributed by atoms with Crippen molar-refractivity contribution in [3.63, 3.8) is 0 Å². The van der Waals surface area contributed by atoms with E-state index in [1.165, 1.54) is 12.8 Å². The number of rotatable bonds is 3. The normalized spacial score (nSPS) is 19.8. The molecule has 0 N–H and O–H groups in total. The van der Waals surface area contributed by atoms with Crippen molar-refractivity contribution >= 4 is 0 Å². The summed E-state index contributed by atoms with van der Waals surface area (Å²) in [5.74, 6) is 0.499. The van der Waals surface area contributed by atoms with Gasteiger partial charge in [0.2, 0.25) is 5.70 Å². The van der Waals surface area contributed by atoms with E-state index < -0.39 is 0 Å². The van der Waals surface area contributed by atoms with Gasteiger partial charge in [0.1, 0.15) is 0 Å². The molecule has 74 valence electrons. The highest BCUT2D eigenvalue weighted by Crippen LogP contribution is 2.28. The summed E-state index contributed by atoms with van der Waals surface area (Å²) in [5, 5.41) is 10.7. The van der Waals surface area contributed by atoms with E-state index >= 15 is 0 Å². The molecule has 3 heteroatoms. The Bertz CT molecular complexity index is 215. The smallest absolute Gasteiger partial charge is 0.245 e. The van der Waals surface area contributed by atoms with Gasteiger partial charge in [-0.05, 0) is 24.8 Å². The third-order valence-electron chi connectivity index (χ3n) is 2.61. The Morgan fingerprint density at radius 1 is 1.46 bits per heavy atom. The molecule has 1 aliphatic rings. The Morgan fingerprint density at radius 3 is 2.38 bits per heavy atom. The number of nitro groups is 1. The van der Waals surface area contributed by atoms with E-state index in [9.17, 15) is 10.1 Å². The van der Waals surface area contributed by atoms with Crippen molar-refractivity contribution in [2.24, 2.45) is 11.8 Å². The molecule has 13 heavy (non-hydrogen) atoms. The zero-order valence-corrected chi connectivity index (χ0v) is 8.32. The first-order valence-electron chi connectivity index (χ1n) is 4.97. The predicted molar refractivity (Wildman–Crippen MR) is 51.9 cm³/mol. The second kappa shape index (κ2) is 4.40. The minimum Gasteiger partial charge on any atom is -0.259 e. The van der Waals surface area contributed by atoms with Gasteiger partial charge in [-0.2, -0.15) is 0 Å². The average Bonchev–Trinajstić information content (AvgIpc) is 2.50. The summed E-state index contributed by atoms with van der Waals surface area (Å²) in [4.78, 5) is 10.4. The van der Waals surface area contributed by atoms with Gasteiger partial charge < -0.3 is 0 Å². The van der Waals surface area contributed by atoms with E-state index in [-0.39, 0.29) is 10.8 Å². The summed E-state index contributed by atoms with van der Waals surface area (Å²) in [6, 6.07) is 0. The number of hydrogen-bond donors (Lipinski definition) is 0. The van der Waals surface area contributed by atoms with Crippen LogP contribution in [0.15, 0.2) is 11.8 Å². The molecular formula is C10H17NO2. The van der Waals surface area contributed by atoms with Crippen molar-refractivity contribution in [3.8, 4) is 0 Å². The monoisotopic (exact) mass is 183 g/mol. The number of allylic oxidation sites excluding steroid dienone is 2. The van der Waals surface area contributed by atoms with Crippen molar-refractivity contribution in [3.05, 3.63) is 21.9 Å². The predicted octanol–water partition coefficient (Wildman–Crippen LogP) is 2.99. The third-order valence-corrected chi connectivity index (χ3v) is 2.61. The van der Waals surface area contributed by atoms with Crippen LogP contribution in [0.5, 0.6) is 0 Å². The van der Waals surface area contributed by atoms with Crippen LogP contribution in [-0.2, 0) is 0 Å². The van der Waals surface area contributed by atoms with E-state index in [4.69, 9.17) is 0 Å². The van der Waals surface area contributed by atoms with Crippen LogP contribution in [0.25, 0.3) is 0 Å². The highest BCUT2D eigenvalue weighted by Gasteiger charge is 2.20. The molecule has 0 amide bonds. The van der Waals surface area contributed by atoms with Crippen molar-refractivity contribution in [1.82, 2.24) is 0 Å². The third kappa shape index (κ3) is 2.83. The first-order chi connectivity index (χ1) is 6.11. The Labute approximate surface area is 79.0 Å². The summed E-state index contributed by atoms with van der Waals surface area (Å²) in [6.45, 7) is 3.76. The second-order valence-electron chi connectivity index (χ2n) is 4.05. The van der Waals surface area contributed by atoms with Gasteiger partial charge >= 0.3 is 0 Å². The molecule has 0 heterocycles. The Morgan fingerprint density at radius 2 is 2.00 bits per heavy atom. The fourth-order valence-electron chi connectivity index (χ4n) is 1.83. The van der Waals surface area contributed by atoms with Crippen LogP contribution in [0.2, 0.25) is 0 Å². The van der Waals surface area contributed by atoms with Crippen molar-refractivity contribution in [1.29, 1.82) is 0 Å². The molecule has 1 fully saturated rings. The van der Waals surface area contributed by atoms with Crippen LogP contribution in [0, 0.1) is 22.0 Å². The minimum atomic E-state index is -0.233. The molecule has 0 unspecified atom stereocenters. The van der Waals surface area contributed by atoms with Gasteiger partial charge in [0.15, 0.2) is 0 Å². The zero-order chi connectivity index (χ0) is 9.84. The first kappa shape index (κ1) is 10.2. The summed E-state index contributed by atoms with van der Waals surface area (Å²) >= 11 is 0. The molecule has 3 nitrogen and oxygen atoms in total. The van der Waals surface area contributed by atoms with E-state index in [0.717, 1.165) is 12.8 Å². The Hall–Kier alpha value is -0.860. The second-order valence-corrected chi connectivity index (χ2v) is 4.05. The molecule has 0 saturated heterocycles. The van der Waals surface area contributed by atoms with Crippen LogP contribution >= 0.6 is 0 Å². The van der Waals surface area contributed by atoms with Crippen LogP contribution in [0.4, 0.5) is 0 Å². The van der Waals surface area contributed by atoms with Gasteiger partial charge in [0.25, 0.3) is 0 Å². The number of nitrogens with zero attached hydrogens (tertiary/aromatic N) is 1. The van der Waals surface area contributed by atoms with Gasteiger partial charge in [0.05, 0.1) is 4.92 Å². The summed E-state index contributed by atoms with van der Waals surface area (Å²) < 4.78 is 0. The molecule has 0 aromatic heterocycles. The van der Waals surface area contributed by atoms with Gasteiger partial charge in [-0.15, -0.1) is 0 Å². The molecule has 0 aliphatic heterocycles. The highest BCUT2D eigenvalue weighted by atomic mass is 16.6. The minimum absolute atomic E-state index is 0.0376. The zero-order valence-electron chi connectivity index (χ0n) is 8.32. The van der Waals surface area contributed by atoms with Crippen molar-refractivity contribution in [2.75, 3.05) is 0 Å². The molecule has 0 aromatic rings. The Kier molecular flexibility index (Phi) is 3.46. The van der Waals surface area contributed by atoms with Crippen LogP contribution in [0.1, 0.15) is 39.5 Å². The lowest BCUT2D eigenvalue weighted by molar-refractivity contribution is -0.433. The SMILES string of the molecule is CC(C)C(=CC1CCCC1)[N+](=O)[O-]. The van der Waals surface area contributed by atoms with Gasteiger partial charge in [-0.3, -0.25) is 10.1 Å². The lowest BCUT2D eigenvalue weighted by atomic mass is 10.0.